The molecule has 15 heavy (non-hydrogen) atoms. The molecule has 0 radical (unpaired) electrons. The number of nitrogens with one attached hydrogen (secondary N) is 3. The van der Waals surface area contributed by atoms with E-state index in [2.05, 4.69) is 20.9 Å². The zero-order valence-electron chi connectivity index (χ0n) is 9.13. The van der Waals surface area contributed by atoms with Crippen molar-refractivity contribution in [3.63, 3.8) is 0 Å². The van der Waals surface area contributed by atoms with Crippen molar-refractivity contribution in [3.05, 3.63) is 11.1 Å². The molecule has 2 amide bonds. The maximum atomic E-state index is 11.0. The van der Waals surface area contributed by atoms with Crippen molar-refractivity contribution in [1.82, 2.24) is 15.6 Å². The van der Waals surface area contributed by atoms with E-state index in [4.69, 9.17) is 0 Å². The summed E-state index contributed by atoms with van der Waals surface area (Å²) >= 11 is 1.42. The van der Waals surface area contributed by atoms with Gasteiger partial charge in [0.15, 0.2) is 5.13 Å². The summed E-state index contributed by atoms with van der Waals surface area (Å²) < 4.78 is 0. The quantitative estimate of drug-likeness (QED) is 0.732. The third-order valence-electron chi connectivity index (χ3n) is 1.92. The van der Waals surface area contributed by atoms with Gasteiger partial charge in [-0.1, -0.05) is 6.92 Å². The van der Waals surface area contributed by atoms with E-state index in [9.17, 15) is 4.79 Å². The van der Waals surface area contributed by atoms with E-state index in [1.165, 1.54) is 11.3 Å². The van der Waals surface area contributed by atoms with Crippen LogP contribution in [-0.4, -0.2) is 24.6 Å². The molecule has 6 heteroatoms. The van der Waals surface area contributed by atoms with E-state index >= 15 is 0 Å². The molecule has 1 aromatic heterocycles. The first-order chi connectivity index (χ1) is 7.17. The summed E-state index contributed by atoms with van der Waals surface area (Å²) in [7, 11) is 1.57. The monoisotopic (exact) mass is 228 g/mol. The Hall–Kier alpha value is -1.14. The summed E-state index contributed by atoms with van der Waals surface area (Å²) in [5, 5.41) is 10.9. The molecule has 84 valence electrons. The van der Waals surface area contributed by atoms with Gasteiger partial charge >= 0.3 is 6.03 Å². The molecule has 0 saturated carbocycles. The fourth-order valence-corrected chi connectivity index (χ4v) is 1.91. The van der Waals surface area contributed by atoms with Crippen LogP contribution < -0.4 is 16.0 Å². The maximum absolute atomic E-state index is 11.0. The van der Waals surface area contributed by atoms with Gasteiger partial charge in [0.1, 0.15) is 0 Å². The number of rotatable bonds is 4. The molecule has 0 spiro atoms. The van der Waals surface area contributed by atoms with Gasteiger partial charge in [0.05, 0.1) is 5.69 Å². The standard InChI is InChI=1S/C9H16N4OS/c1-4-11-6(2)7-5-15-9(12-7)13-8(14)10-3/h5-6,11H,4H2,1-3H3,(H2,10,12,13,14). The van der Waals surface area contributed by atoms with Gasteiger partial charge in [0, 0.05) is 18.5 Å². The van der Waals surface area contributed by atoms with Gasteiger partial charge in [-0.05, 0) is 13.5 Å². The number of aromatic nitrogens is 1. The fraction of sp³-hybridized carbons (Fsp3) is 0.556. The zero-order chi connectivity index (χ0) is 11.3. The highest BCUT2D eigenvalue weighted by molar-refractivity contribution is 7.13. The molecule has 0 fully saturated rings. The smallest absolute Gasteiger partial charge is 0.320 e. The van der Waals surface area contributed by atoms with Crippen LogP contribution in [0.25, 0.3) is 0 Å². The van der Waals surface area contributed by atoms with Crippen LogP contribution in [-0.2, 0) is 0 Å². The van der Waals surface area contributed by atoms with Gasteiger partial charge in [-0.3, -0.25) is 5.32 Å². The van der Waals surface area contributed by atoms with Crippen LogP contribution in [0.4, 0.5) is 9.93 Å². The summed E-state index contributed by atoms with van der Waals surface area (Å²) in [6, 6.07) is -0.0292. The van der Waals surface area contributed by atoms with Crippen molar-refractivity contribution < 1.29 is 4.79 Å². The van der Waals surface area contributed by atoms with Gasteiger partial charge in [-0.15, -0.1) is 11.3 Å². The zero-order valence-corrected chi connectivity index (χ0v) is 9.94. The van der Waals surface area contributed by atoms with Crippen molar-refractivity contribution in [3.8, 4) is 0 Å². The van der Waals surface area contributed by atoms with Gasteiger partial charge in [-0.2, -0.15) is 0 Å². The fourth-order valence-electron chi connectivity index (χ4n) is 1.11. The Bertz CT molecular complexity index is 326. The molecule has 0 saturated heterocycles. The van der Waals surface area contributed by atoms with Crippen LogP contribution in [0.5, 0.6) is 0 Å². The van der Waals surface area contributed by atoms with E-state index in [0.29, 0.717) is 5.13 Å². The maximum Gasteiger partial charge on any atom is 0.320 e. The topological polar surface area (TPSA) is 66.0 Å². The van der Waals surface area contributed by atoms with Crippen molar-refractivity contribution in [2.24, 2.45) is 0 Å². The van der Waals surface area contributed by atoms with E-state index in [0.717, 1.165) is 12.2 Å². The third kappa shape index (κ3) is 3.49. The van der Waals surface area contributed by atoms with E-state index in [1.807, 2.05) is 19.2 Å². The van der Waals surface area contributed by atoms with E-state index in [1.54, 1.807) is 7.05 Å². The number of hydrogen-bond donors (Lipinski definition) is 3. The average molecular weight is 228 g/mol. The number of carbonyl (C=O) groups is 1. The van der Waals surface area contributed by atoms with Crippen molar-refractivity contribution in [2.75, 3.05) is 18.9 Å². The summed E-state index contributed by atoms with van der Waals surface area (Å²) in [6.45, 7) is 4.99. The first-order valence-corrected chi connectivity index (χ1v) is 5.72. The number of hydrogen-bond acceptors (Lipinski definition) is 4. The number of thiazole rings is 1. The third-order valence-corrected chi connectivity index (χ3v) is 2.70. The molecule has 0 bridgehead atoms. The van der Waals surface area contributed by atoms with Gasteiger partial charge < -0.3 is 10.6 Å². The van der Waals surface area contributed by atoms with Gasteiger partial charge in [-0.25, -0.2) is 9.78 Å². The highest BCUT2D eigenvalue weighted by Crippen LogP contribution is 2.20. The molecular formula is C9H16N4OS. The summed E-state index contributed by atoms with van der Waals surface area (Å²) in [4.78, 5) is 15.3. The molecule has 3 N–H and O–H groups in total. The molecule has 5 nitrogen and oxygen atoms in total. The first kappa shape index (κ1) is 11.9. The number of anilines is 1. The van der Waals surface area contributed by atoms with Gasteiger partial charge in [0.2, 0.25) is 0 Å². The normalized spacial score (nSPS) is 12.2. The lowest BCUT2D eigenvalue weighted by atomic mass is 10.3. The van der Waals surface area contributed by atoms with E-state index < -0.39 is 0 Å². The molecule has 0 aliphatic heterocycles. The second-order valence-electron chi connectivity index (χ2n) is 3.06. The molecular weight excluding hydrogens is 212 g/mol. The minimum absolute atomic E-state index is 0.214. The average Bonchev–Trinajstić information content (AvgIpc) is 2.66. The minimum atomic E-state index is -0.244. The van der Waals surface area contributed by atoms with Crippen molar-refractivity contribution in [2.45, 2.75) is 19.9 Å². The Morgan fingerprint density at radius 3 is 3.00 bits per heavy atom. The van der Waals surface area contributed by atoms with E-state index in [-0.39, 0.29) is 12.1 Å². The van der Waals surface area contributed by atoms with Crippen LogP contribution >= 0.6 is 11.3 Å². The summed E-state index contributed by atoms with van der Waals surface area (Å²) in [6.07, 6.45) is 0. The second kappa shape index (κ2) is 5.67. The minimum Gasteiger partial charge on any atom is -0.341 e. The second-order valence-corrected chi connectivity index (χ2v) is 3.92. The number of amides is 2. The molecule has 1 unspecified atom stereocenters. The van der Waals surface area contributed by atoms with Crippen LogP contribution in [0.1, 0.15) is 25.6 Å². The summed E-state index contributed by atoms with van der Waals surface area (Å²) in [5.74, 6) is 0. The van der Waals surface area contributed by atoms with Crippen LogP contribution in [0.2, 0.25) is 0 Å². The SMILES string of the molecule is CCNC(C)c1csc(NC(=O)NC)n1. The largest absolute Gasteiger partial charge is 0.341 e. The Labute approximate surface area is 93.3 Å². The lowest BCUT2D eigenvalue weighted by Gasteiger charge is -2.08. The Kier molecular flexibility index (Phi) is 4.51. The predicted octanol–water partition coefficient (Wildman–Crippen LogP) is 1.56. The number of carbonyl (C=O) groups excluding carboxylic acids is 1. The summed E-state index contributed by atoms with van der Waals surface area (Å²) in [5.41, 5.74) is 0.952. The first-order valence-electron chi connectivity index (χ1n) is 4.85. The highest BCUT2D eigenvalue weighted by atomic mass is 32.1. The Balaban J connectivity index is 2.59. The van der Waals surface area contributed by atoms with Crippen LogP contribution in [0, 0.1) is 0 Å². The number of urea groups is 1. The Morgan fingerprint density at radius 1 is 1.67 bits per heavy atom. The van der Waals surface area contributed by atoms with Crippen molar-refractivity contribution >= 4 is 22.5 Å². The lowest BCUT2D eigenvalue weighted by molar-refractivity contribution is 0.254. The molecule has 1 heterocycles. The van der Waals surface area contributed by atoms with Crippen LogP contribution in [0.15, 0.2) is 5.38 Å². The Morgan fingerprint density at radius 2 is 2.40 bits per heavy atom. The molecule has 1 rings (SSSR count). The predicted molar refractivity (Wildman–Crippen MR) is 62.3 cm³/mol. The molecule has 1 atom stereocenters. The number of nitrogens with zero attached hydrogens (tertiary/aromatic N) is 1. The molecule has 0 aromatic carbocycles. The molecule has 0 aliphatic rings. The molecule has 1 aromatic rings. The highest BCUT2D eigenvalue weighted by Gasteiger charge is 2.09. The molecule has 0 aliphatic carbocycles. The van der Waals surface area contributed by atoms with Crippen LogP contribution in [0.3, 0.4) is 0 Å². The van der Waals surface area contributed by atoms with Crippen molar-refractivity contribution in [1.29, 1.82) is 0 Å². The lowest BCUT2D eigenvalue weighted by Crippen LogP contribution is -2.24. The van der Waals surface area contributed by atoms with Gasteiger partial charge in [0.25, 0.3) is 0 Å².